The zero-order valence-electron chi connectivity index (χ0n) is 90.5. The van der Waals surface area contributed by atoms with Crippen molar-refractivity contribution in [3.63, 3.8) is 0 Å². The van der Waals surface area contributed by atoms with Crippen molar-refractivity contribution in [3.05, 3.63) is 122 Å². The molecule has 0 aromatic carbocycles. The van der Waals surface area contributed by atoms with Gasteiger partial charge in [0.05, 0.1) is 0 Å². The molecule has 0 aliphatic rings. The molecule has 0 saturated carbocycles. The molecule has 0 N–H and O–H groups in total. The van der Waals surface area contributed by atoms with Gasteiger partial charge >= 0.3 is 0 Å². The van der Waals surface area contributed by atoms with Gasteiger partial charge in [-0.1, -0.05) is 644 Å². The van der Waals surface area contributed by atoms with Crippen LogP contribution in [0, 0.1) is 23.7 Å². The standard InChI is InChI=1S/C21H36.C20H42.C18H36.C18H34.C18H32.C16H34.C14H30/c1-3-5-7-9-11-13-15-17-19-21-20-18-16-14-12-10-8-6-4-2;1-7-18(4)12-9-14-20(6)16-10-15-19(5)13-8-11-17(2)3;3*1-3-5-7-9-11-13-15-17-18-16-14-12-10-8-6-4-2;1-3-5-7-9-11-13-15-16-14-12-10-8-6-4-2;1-3-5-7-9-11-13-14-12-10-8-6-4-2/h11-14,17-20H,3-10,15-16,21H2,1-2H3;17-20H,7-16H2,1-6H3;17-18H,3-16H2,1-2H3;11,13,17-18H,3-10,12,14-16H2,1-2H3;5,7,11,13,17-18H,3-4,6,8-10,12,14-16H2,1-2H3;3-16H2,1-2H3;3-14H2,1-2H3/b13-11-,14-12-,19-17-,20-18-;;18-17-;13-11-,18-17-;7-5-,13-11-,18-17-;;. The van der Waals surface area contributed by atoms with Crippen LogP contribution in [0.15, 0.2) is 122 Å². The zero-order valence-corrected chi connectivity index (χ0v) is 90.5. The highest BCUT2D eigenvalue weighted by Gasteiger charge is 2.08. The van der Waals surface area contributed by atoms with Crippen molar-refractivity contribution in [2.24, 2.45) is 23.7 Å². The third kappa shape index (κ3) is 159. The average Bonchev–Trinajstić information content (AvgIpc) is 1.00. The Morgan fingerprint density at radius 2 is 0.264 bits per heavy atom. The molecule has 0 rings (SSSR count). The molecule has 0 radical (unpaired) electrons. The van der Waals surface area contributed by atoms with E-state index in [2.05, 4.69) is 246 Å². The monoisotopic (exact) mass is 1750 g/mol. The van der Waals surface area contributed by atoms with Crippen molar-refractivity contribution < 1.29 is 0 Å². The molecule has 0 heteroatoms. The summed E-state index contributed by atoms with van der Waals surface area (Å²) in [6.45, 7) is 41.5. The lowest BCUT2D eigenvalue weighted by atomic mass is 9.91. The fourth-order valence-corrected chi connectivity index (χ4v) is 15.5. The van der Waals surface area contributed by atoms with Crippen LogP contribution in [0.3, 0.4) is 0 Å². The van der Waals surface area contributed by atoms with Crippen molar-refractivity contribution in [1.29, 1.82) is 0 Å². The largest absolute Gasteiger partial charge is 0.0885 e. The minimum absolute atomic E-state index is 0.882. The van der Waals surface area contributed by atoms with Crippen LogP contribution in [0.1, 0.15) is 658 Å². The van der Waals surface area contributed by atoms with Crippen LogP contribution in [0.5, 0.6) is 0 Å². The molecule has 0 saturated heterocycles. The molecular weight excluding hydrogens is 1500 g/mol. The Balaban J connectivity index is -0.000000261. The minimum Gasteiger partial charge on any atom is -0.0885 e. The van der Waals surface area contributed by atoms with Crippen molar-refractivity contribution in [1.82, 2.24) is 0 Å². The van der Waals surface area contributed by atoms with Crippen LogP contribution in [0.4, 0.5) is 0 Å². The summed E-state index contributed by atoms with van der Waals surface area (Å²) in [7, 11) is 0. The Morgan fingerprint density at radius 3 is 0.440 bits per heavy atom. The van der Waals surface area contributed by atoms with Gasteiger partial charge < -0.3 is 0 Å². The summed E-state index contributed by atoms with van der Waals surface area (Å²) in [5.74, 6) is 3.71. The molecule has 3 unspecified atom stereocenters. The molecule has 0 nitrogen and oxygen atoms in total. The second-order valence-electron chi connectivity index (χ2n) is 38.9. The molecule has 0 spiro atoms. The normalized spacial score (nSPS) is 12.5. The molecule has 0 bridgehead atoms. The highest BCUT2D eigenvalue weighted by molar-refractivity contribution is 5.00. The maximum absolute atomic E-state index is 2.46. The molecule has 3 atom stereocenters. The third-order valence-electron chi connectivity index (χ3n) is 24.7. The molecular formula is C125H244. The minimum atomic E-state index is 0.882. The van der Waals surface area contributed by atoms with Gasteiger partial charge in [-0.05, 0) is 159 Å². The Kier molecular flexibility index (Phi) is 151. The summed E-state index contributed by atoms with van der Waals surface area (Å²) >= 11 is 0. The smallest absolute Gasteiger partial charge is 0.0169 e. The van der Waals surface area contributed by atoms with E-state index >= 15 is 0 Å². The highest BCUT2D eigenvalue weighted by atomic mass is 14.1. The van der Waals surface area contributed by atoms with Crippen LogP contribution in [-0.4, -0.2) is 0 Å². The van der Waals surface area contributed by atoms with Gasteiger partial charge in [0, 0.05) is 0 Å². The molecule has 0 aliphatic heterocycles. The third-order valence-corrected chi connectivity index (χ3v) is 24.7. The molecule has 0 aliphatic carbocycles. The summed E-state index contributed by atoms with van der Waals surface area (Å²) in [6, 6.07) is 0. The summed E-state index contributed by atoms with van der Waals surface area (Å²) in [5.41, 5.74) is 0. The van der Waals surface area contributed by atoms with Crippen molar-refractivity contribution in [3.8, 4) is 0 Å². The van der Waals surface area contributed by atoms with Gasteiger partial charge in [-0.25, -0.2) is 0 Å². The first-order chi connectivity index (χ1) is 61.4. The maximum atomic E-state index is 2.46. The summed E-state index contributed by atoms with van der Waals surface area (Å²) in [5, 5.41) is 0. The Hall–Kier alpha value is -2.60. The van der Waals surface area contributed by atoms with Gasteiger partial charge in [0.15, 0.2) is 0 Å². The van der Waals surface area contributed by atoms with Crippen LogP contribution in [-0.2, 0) is 0 Å². The molecule has 0 fully saturated rings. The van der Waals surface area contributed by atoms with Crippen LogP contribution in [0.25, 0.3) is 0 Å². The first-order valence-corrected chi connectivity index (χ1v) is 57.9. The van der Waals surface area contributed by atoms with Gasteiger partial charge in [0.1, 0.15) is 0 Å². The highest BCUT2D eigenvalue weighted by Crippen LogP contribution is 2.24. The first kappa shape index (κ1) is 135. The van der Waals surface area contributed by atoms with E-state index in [-0.39, 0.29) is 0 Å². The number of unbranched alkanes of at least 4 members (excludes halogenated alkanes) is 57. The molecule has 0 aromatic heterocycles. The molecule has 125 heavy (non-hydrogen) atoms. The maximum Gasteiger partial charge on any atom is -0.0169 e. The molecule has 0 amide bonds. The lowest BCUT2D eigenvalue weighted by molar-refractivity contribution is 0.376. The van der Waals surface area contributed by atoms with Gasteiger partial charge in [-0.2, -0.15) is 0 Å². The lowest BCUT2D eigenvalue weighted by Crippen LogP contribution is -2.01. The summed E-state index contributed by atoms with van der Waals surface area (Å²) < 4.78 is 0. The zero-order chi connectivity index (χ0) is 93.1. The average molecular weight is 1750 g/mol. The van der Waals surface area contributed by atoms with Crippen LogP contribution in [0.2, 0.25) is 0 Å². The predicted molar refractivity (Wildman–Crippen MR) is 591 cm³/mol. The Labute approximate surface area is 797 Å². The molecule has 0 heterocycles. The second kappa shape index (κ2) is 139. The van der Waals surface area contributed by atoms with Gasteiger partial charge in [-0.15, -0.1) is 0 Å². The van der Waals surface area contributed by atoms with E-state index in [4.69, 9.17) is 0 Å². The predicted octanol–water partition coefficient (Wildman–Crippen LogP) is 47.7. The van der Waals surface area contributed by atoms with E-state index in [9.17, 15) is 0 Å². The summed E-state index contributed by atoms with van der Waals surface area (Å²) in [4.78, 5) is 0. The van der Waals surface area contributed by atoms with Crippen molar-refractivity contribution in [2.45, 2.75) is 658 Å². The first-order valence-electron chi connectivity index (χ1n) is 57.9. The van der Waals surface area contributed by atoms with E-state index in [1.807, 2.05) is 0 Å². The fourth-order valence-electron chi connectivity index (χ4n) is 15.5. The SMILES string of the molecule is CC/C=C\C/C=C\C/C=C\CCCCCCCC.CCC(C)CCCC(C)CCCC(C)CCCC(C)C.CCCCC/C=C\C/C=C\C/C=C\C/C=C\CCCCC.CCCCC/C=C\C/C=C\CCCCCCCC.CCCCCCCC/C=C\CCCCCCCC.CCCCCCCCCCCCCC.CCCCCCCCCCCCCCCC. The van der Waals surface area contributed by atoms with Gasteiger partial charge in [0.2, 0.25) is 0 Å². The Morgan fingerprint density at radius 1 is 0.128 bits per heavy atom. The van der Waals surface area contributed by atoms with Crippen molar-refractivity contribution >= 4 is 0 Å². The summed E-state index contributed by atoms with van der Waals surface area (Å²) in [6.07, 6.45) is 161. The van der Waals surface area contributed by atoms with Gasteiger partial charge in [0.25, 0.3) is 0 Å². The topological polar surface area (TPSA) is 0 Å². The van der Waals surface area contributed by atoms with E-state index < -0.39 is 0 Å². The lowest BCUT2D eigenvalue weighted by Gasteiger charge is -2.15. The van der Waals surface area contributed by atoms with E-state index in [0.717, 1.165) is 68.6 Å². The number of hydrogen-bond acceptors (Lipinski definition) is 0. The number of hydrogen-bond donors (Lipinski definition) is 0. The van der Waals surface area contributed by atoms with E-state index in [1.165, 1.54) is 488 Å². The Bertz CT molecular complexity index is 1970. The number of allylic oxidation sites excluding steroid dienone is 20. The number of rotatable bonds is 90. The van der Waals surface area contributed by atoms with Crippen molar-refractivity contribution in [2.75, 3.05) is 0 Å². The molecule has 0 aromatic rings. The van der Waals surface area contributed by atoms with E-state index in [1.54, 1.807) is 0 Å². The quantitative estimate of drug-likeness (QED) is 0.0421. The second-order valence-corrected chi connectivity index (χ2v) is 38.9. The van der Waals surface area contributed by atoms with Crippen LogP contribution < -0.4 is 0 Å². The fraction of sp³-hybridized carbons (Fsp3) is 0.840. The van der Waals surface area contributed by atoms with Gasteiger partial charge in [-0.3, -0.25) is 0 Å². The van der Waals surface area contributed by atoms with Crippen LogP contribution >= 0.6 is 0 Å². The van der Waals surface area contributed by atoms with E-state index in [0.29, 0.717) is 0 Å². The molecule has 744 valence electrons.